The Morgan fingerprint density at radius 2 is 1.71 bits per heavy atom. The summed E-state index contributed by atoms with van der Waals surface area (Å²) in [5, 5.41) is 3.27. The van der Waals surface area contributed by atoms with Crippen LogP contribution in [0.3, 0.4) is 0 Å². The third-order valence-electron chi connectivity index (χ3n) is 5.12. The van der Waals surface area contributed by atoms with Gasteiger partial charge in [-0.15, -0.1) is 0 Å². The van der Waals surface area contributed by atoms with E-state index in [9.17, 15) is 18.4 Å². The Bertz CT molecular complexity index is 1350. The monoisotopic (exact) mass is 419 g/mol. The van der Waals surface area contributed by atoms with Crippen LogP contribution in [-0.4, -0.2) is 15.5 Å². The summed E-state index contributed by atoms with van der Waals surface area (Å²) < 4.78 is 28.1. The molecule has 1 heterocycles. The number of amides is 1. The van der Waals surface area contributed by atoms with Crippen LogP contribution in [0.1, 0.15) is 34.7 Å². The van der Waals surface area contributed by atoms with Gasteiger partial charge in [0, 0.05) is 5.56 Å². The van der Waals surface area contributed by atoms with Gasteiger partial charge in [0.25, 0.3) is 11.5 Å². The van der Waals surface area contributed by atoms with Gasteiger partial charge in [0.05, 0.1) is 22.6 Å². The molecule has 0 spiro atoms. The smallest absolute Gasteiger partial charge is 0.265 e. The van der Waals surface area contributed by atoms with Crippen LogP contribution in [-0.2, 0) is 0 Å². The standard InChI is InChI=1S/C24H19F2N3O2/c1-14(17-9-12-20(25)21(26)13-17)27-23(30)16-7-10-18(11-8-16)29-15(2)28-22-6-4-3-5-19(22)24(29)31/h3-14H,1-2H3,(H,27,30)/t14-/m0/s1. The number of aromatic nitrogens is 2. The molecule has 156 valence electrons. The van der Waals surface area contributed by atoms with Gasteiger partial charge >= 0.3 is 0 Å². The van der Waals surface area contributed by atoms with Gasteiger partial charge in [-0.3, -0.25) is 14.2 Å². The van der Waals surface area contributed by atoms with Gasteiger partial charge in [0.1, 0.15) is 5.82 Å². The highest BCUT2D eigenvalue weighted by Crippen LogP contribution is 2.18. The minimum Gasteiger partial charge on any atom is -0.346 e. The highest BCUT2D eigenvalue weighted by Gasteiger charge is 2.15. The third-order valence-corrected chi connectivity index (χ3v) is 5.12. The second-order valence-corrected chi connectivity index (χ2v) is 7.23. The lowest BCUT2D eigenvalue weighted by Crippen LogP contribution is -2.27. The number of nitrogens with zero attached hydrogens (tertiary/aromatic N) is 2. The number of nitrogens with one attached hydrogen (secondary N) is 1. The zero-order valence-electron chi connectivity index (χ0n) is 16.9. The molecule has 0 aliphatic carbocycles. The highest BCUT2D eigenvalue weighted by molar-refractivity contribution is 5.94. The Morgan fingerprint density at radius 3 is 2.42 bits per heavy atom. The Balaban J connectivity index is 1.58. The van der Waals surface area contributed by atoms with E-state index in [1.807, 2.05) is 6.07 Å². The zero-order chi connectivity index (χ0) is 22.1. The van der Waals surface area contributed by atoms with E-state index in [4.69, 9.17) is 0 Å². The van der Waals surface area contributed by atoms with Crippen molar-refractivity contribution in [3.63, 3.8) is 0 Å². The number of hydrogen-bond acceptors (Lipinski definition) is 3. The van der Waals surface area contributed by atoms with Gasteiger partial charge in [-0.25, -0.2) is 13.8 Å². The summed E-state index contributed by atoms with van der Waals surface area (Å²) in [6.45, 7) is 3.43. The second kappa shape index (κ2) is 8.10. The van der Waals surface area contributed by atoms with E-state index in [0.29, 0.717) is 33.5 Å². The molecule has 0 saturated carbocycles. The van der Waals surface area contributed by atoms with Gasteiger partial charge in [-0.1, -0.05) is 18.2 Å². The predicted octanol–water partition coefficient (Wildman–Crippen LogP) is 4.46. The van der Waals surface area contributed by atoms with Crippen molar-refractivity contribution in [2.24, 2.45) is 0 Å². The lowest BCUT2D eigenvalue weighted by atomic mass is 10.1. The largest absolute Gasteiger partial charge is 0.346 e. The van der Waals surface area contributed by atoms with E-state index < -0.39 is 17.7 Å². The zero-order valence-corrected chi connectivity index (χ0v) is 16.9. The van der Waals surface area contributed by atoms with Crippen LogP contribution in [0.2, 0.25) is 0 Å². The first kappa shape index (κ1) is 20.4. The molecule has 1 aromatic heterocycles. The lowest BCUT2D eigenvalue weighted by molar-refractivity contribution is 0.0940. The average Bonchev–Trinajstić information content (AvgIpc) is 2.76. The number of fused-ring (bicyclic) bond motifs is 1. The van der Waals surface area contributed by atoms with Crippen LogP contribution >= 0.6 is 0 Å². The molecule has 0 bridgehead atoms. The fourth-order valence-electron chi connectivity index (χ4n) is 3.45. The molecule has 0 aliphatic heterocycles. The number of carbonyl (C=O) groups is 1. The summed E-state index contributed by atoms with van der Waals surface area (Å²) in [5.74, 6) is -1.74. The second-order valence-electron chi connectivity index (χ2n) is 7.23. The molecule has 1 amide bonds. The van der Waals surface area contributed by atoms with Gasteiger partial charge in [-0.2, -0.15) is 0 Å². The quantitative estimate of drug-likeness (QED) is 0.531. The van der Waals surface area contributed by atoms with Crippen molar-refractivity contribution < 1.29 is 13.6 Å². The molecule has 7 heteroatoms. The molecular formula is C24H19F2N3O2. The van der Waals surface area contributed by atoms with Crippen molar-refractivity contribution in [3.8, 4) is 5.69 Å². The number of para-hydroxylation sites is 1. The van der Waals surface area contributed by atoms with E-state index in [1.165, 1.54) is 10.6 Å². The number of hydrogen-bond donors (Lipinski definition) is 1. The minimum absolute atomic E-state index is 0.188. The van der Waals surface area contributed by atoms with E-state index in [2.05, 4.69) is 10.3 Å². The molecule has 0 aliphatic rings. The summed E-state index contributed by atoms with van der Waals surface area (Å²) in [4.78, 5) is 30.0. The molecule has 0 radical (unpaired) electrons. The van der Waals surface area contributed by atoms with Crippen LogP contribution in [0.15, 0.2) is 71.5 Å². The fourth-order valence-corrected chi connectivity index (χ4v) is 3.45. The molecule has 5 nitrogen and oxygen atoms in total. The molecule has 0 unspecified atom stereocenters. The maximum atomic E-state index is 13.4. The number of halogens is 2. The summed E-state index contributed by atoms with van der Waals surface area (Å²) in [6, 6.07) is 16.7. The van der Waals surface area contributed by atoms with Gasteiger partial charge < -0.3 is 5.32 Å². The Labute approximate surface area is 177 Å². The van der Waals surface area contributed by atoms with Crippen molar-refractivity contribution in [2.75, 3.05) is 0 Å². The maximum Gasteiger partial charge on any atom is 0.265 e. The van der Waals surface area contributed by atoms with Crippen molar-refractivity contribution >= 4 is 16.8 Å². The van der Waals surface area contributed by atoms with Crippen LogP contribution in [0.5, 0.6) is 0 Å². The van der Waals surface area contributed by atoms with Gasteiger partial charge in [-0.05, 0) is 67.9 Å². The molecular weight excluding hydrogens is 400 g/mol. The Kier molecular flexibility index (Phi) is 5.33. The number of benzene rings is 3. The van der Waals surface area contributed by atoms with Crippen LogP contribution in [0.25, 0.3) is 16.6 Å². The first-order chi connectivity index (χ1) is 14.8. The van der Waals surface area contributed by atoms with Crippen LogP contribution in [0.4, 0.5) is 8.78 Å². The van der Waals surface area contributed by atoms with Crippen molar-refractivity contribution in [1.82, 2.24) is 14.9 Å². The van der Waals surface area contributed by atoms with E-state index in [-0.39, 0.29) is 11.5 Å². The number of aryl methyl sites for hydroxylation is 1. The topological polar surface area (TPSA) is 64.0 Å². The van der Waals surface area contributed by atoms with E-state index in [0.717, 1.165) is 12.1 Å². The van der Waals surface area contributed by atoms with Crippen LogP contribution < -0.4 is 10.9 Å². The van der Waals surface area contributed by atoms with Gasteiger partial charge in [0.2, 0.25) is 0 Å². The lowest BCUT2D eigenvalue weighted by Gasteiger charge is -2.15. The highest BCUT2D eigenvalue weighted by atomic mass is 19.2. The molecule has 0 saturated heterocycles. The normalized spacial score (nSPS) is 12.0. The van der Waals surface area contributed by atoms with Crippen molar-refractivity contribution in [3.05, 3.63) is 106 Å². The molecule has 1 N–H and O–H groups in total. The first-order valence-corrected chi connectivity index (χ1v) is 9.70. The number of rotatable bonds is 4. The predicted molar refractivity (Wildman–Crippen MR) is 114 cm³/mol. The number of carbonyl (C=O) groups excluding carboxylic acids is 1. The summed E-state index contributed by atoms with van der Waals surface area (Å²) in [6.07, 6.45) is 0. The molecule has 4 rings (SSSR count). The molecule has 0 fully saturated rings. The summed E-state index contributed by atoms with van der Waals surface area (Å²) in [5.41, 5.74) is 1.85. The molecule has 31 heavy (non-hydrogen) atoms. The van der Waals surface area contributed by atoms with Crippen molar-refractivity contribution in [1.29, 1.82) is 0 Å². The maximum absolute atomic E-state index is 13.4. The first-order valence-electron chi connectivity index (χ1n) is 9.70. The summed E-state index contributed by atoms with van der Waals surface area (Å²) >= 11 is 0. The molecule has 4 aromatic rings. The van der Waals surface area contributed by atoms with E-state index >= 15 is 0 Å². The summed E-state index contributed by atoms with van der Waals surface area (Å²) in [7, 11) is 0. The van der Waals surface area contributed by atoms with Crippen molar-refractivity contribution in [2.45, 2.75) is 19.9 Å². The minimum atomic E-state index is -0.965. The third kappa shape index (κ3) is 3.94. The molecule has 1 atom stereocenters. The van der Waals surface area contributed by atoms with Crippen LogP contribution in [0, 0.1) is 18.6 Å². The molecule has 3 aromatic carbocycles. The van der Waals surface area contributed by atoms with E-state index in [1.54, 1.807) is 56.3 Å². The average molecular weight is 419 g/mol. The Hall–Kier alpha value is -3.87. The fraction of sp³-hybridized carbons (Fsp3) is 0.125. The Morgan fingerprint density at radius 1 is 1.00 bits per heavy atom. The van der Waals surface area contributed by atoms with Gasteiger partial charge in [0.15, 0.2) is 11.6 Å². The SMILES string of the molecule is Cc1nc2ccccc2c(=O)n1-c1ccc(C(=O)N[C@@H](C)c2ccc(F)c(F)c2)cc1.